The summed E-state index contributed by atoms with van der Waals surface area (Å²) in [6.07, 6.45) is 13.6. The normalized spacial score (nSPS) is 45.7. The first-order valence-electron chi connectivity index (χ1n) is 8.40. The van der Waals surface area contributed by atoms with E-state index in [1.54, 1.807) is 0 Å². The molecule has 0 aromatic carbocycles. The Labute approximate surface area is 116 Å². The number of rotatable bonds is 4. The maximum Gasteiger partial charge on any atom is 0.0638 e. The highest BCUT2D eigenvalue weighted by molar-refractivity contribution is 5.08. The van der Waals surface area contributed by atoms with Crippen molar-refractivity contribution in [1.82, 2.24) is 5.32 Å². The first-order chi connectivity index (χ1) is 9.27. The summed E-state index contributed by atoms with van der Waals surface area (Å²) in [7, 11) is 0. The maximum atomic E-state index is 9.25. The molecule has 4 bridgehead atoms. The molecule has 0 spiro atoms. The van der Waals surface area contributed by atoms with Crippen LogP contribution < -0.4 is 5.32 Å². The second-order valence-corrected chi connectivity index (χ2v) is 7.99. The van der Waals surface area contributed by atoms with Crippen molar-refractivity contribution in [2.75, 3.05) is 0 Å². The third kappa shape index (κ3) is 2.02. The molecule has 5 fully saturated rings. The smallest absolute Gasteiger partial charge is 0.0638 e. The number of nitrogens with one attached hydrogen (secondary N) is 1. The van der Waals surface area contributed by atoms with Gasteiger partial charge in [0.2, 0.25) is 0 Å². The largest absolute Gasteiger partial charge is 0.310 e. The van der Waals surface area contributed by atoms with Crippen LogP contribution in [0.2, 0.25) is 0 Å². The van der Waals surface area contributed by atoms with Crippen LogP contribution in [0.1, 0.15) is 64.2 Å². The molecular weight excluding hydrogens is 232 g/mol. The molecule has 104 valence electrons. The van der Waals surface area contributed by atoms with E-state index in [1.807, 2.05) is 0 Å². The minimum absolute atomic E-state index is 0.496. The SMILES string of the molecule is N#CCC(NC1CCC1)C12CC3CC(CC(C3)C1)C2. The Morgan fingerprint density at radius 3 is 2.05 bits per heavy atom. The van der Waals surface area contributed by atoms with Gasteiger partial charge in [-0.2, -0.15) is 5.26 Å². The Bertz CT molecular complexity index is 355. The number of nitrogens with zero attached hydrogens (tertiary/aromatic N) is 1. The highest BCUT2D eigenvalue weighted by atomic mass is 15.0. The Morgan fingerprint density at radius 1 is 1.05 bits per heavy atom. The lowest BCUT2D eigenvalue weighted by molar-refractivity contribution is -0.0762. The van der Waals surface area contributed by atoms with Gasteiger partial charge in [0.25, 0.3) is 0 Å². The molecule has 5 aliphatic rings. The van der Waals surface area contributed by atoms with Crippen LogP contribution in [-0.2, 0) is 0 Å². The molecule has 2 heteroatoms. The summed E-state index contributed by atoms with van der Waals surface area (Å²) >= 11 is 0. The second kappa shape index (κ2) is 4.48. The molecule has 0 aliphatic heterocycles. The van der Waals surface area contributed by atoms with Crippen LogP contribution in [0, 0.1) is 34.5 Å². The van der Waals surface area contributed by atoms with Gasteiger partial charge >= 0.3 is 0 Å². The molecule has 1 unspecified atom stereocenters. The molecule has 5 saturated carbocycles. The van der Waals surface area contributed by atoms with E-state index in [2.05, 4.69) is 11.4 Å². The van der Waals surface area contributed by atoms with E-state index < -0.39 is 0 Å². The number of hydrogen-bond donors (Lipinski definition) is 1. The molecule has 5 rings (SSSR count). The lowest BCUT2D eigenvalue weighted by atomic mass is 9.47. The zero-order valence-electron chi connectivity index (χ0n) is 11.9. The van der Waals surface area contributed by atoms with Crippen LogP contribution in [0.4, 0.5) is 0 Å². The number of nitriles is 1. The third-order valence-electron chi connectivity index (χ3n) is 6.66. The predicted octanol–water partition coefficient (Wildman–Crippen LogP) is 3.63. The fraction of sp³-hybridized carbons (Fsp3) is 0.941. The molecule has 2 nitrogen and oxygen atoms in total. The minimum Gasteiger partial charge on any atom is -0.310 e. The molecule has 0 amide bonds. The lowest BCUT2D eigenvalue weighted by Gasteiger charge is -2.60. The molecule has 19 heavy (non-hydrogen) atoms. The van der Waals surface area contributed by atoms with E-state index in [0.717, 1.165) is 30.2 Å². The van der Waals surface area contributed by atoms with Crippen LogP contribution in [0.15, 0.2) is 0 Å². The fourth-order valence-electron chi connectivity index (χ4n) is 6.01. The van der Waals surface area contributed by atoms with Crippen LogP contribution in [-0.4, -0.2) is 12.1 Å². The summed E-state index contributed by atoms with van der Waals surface area (Å²) in [5.41, 5.74) is 0.500. The average Bonchev–Trinajstić information content (AvgIpc) is 2.30. The lowest BCUT2D eigenvalue weighted by Crippen LogP contribution is -2.58. The first-order valence-corrected chi connectivity index (χ1v) is 8.40. The highest BCUT2D eigenvalue weighted by Crippen LogP contribution is 2.61. The van der Waals surface area contributed by atoms with Gasteiger partial charge in [-0.15, -0.1) is 0 Å². The Kier molecular flexibility index (Phi) is 2.88. The molecule has 0 saturated heterocycles. The van der Waals surface area contributed by atoms with Crippen LogP contribution in [0.3, 0.4) is 0 Å². The van der Waals surface area contributed by atoms with E-state index in [4.69, 9.17) is 0 Å². The van der Waals surface area contributed by atoms with Gasteiger partial charge in [-0.25, -0.2) is 0 Å². The molecule has 1 atom stereocenters. The Hall–Kier alpha value is -0.550. The molecule has 5 aliphatic carbocycles. The molecule has 0 radical (unpaired) electrons. The van der Waals surface area contributed by atoms with Gasteiger partial charge in [0.1, 0.15) is 0 Å². The van der Waals surface area contributed by atoms with Crippen LogP contribution in [0.5, 0.6) is 0 Å². The highest BCUT2D eigenvalue weighted by Gasteiger charge is 2.54. The van der Waals surface area contributed by atoms with Crippen molar-refractivity contribution < 1.29 is 0 Å². The second-order valence-electron chi connectivity index (χ2n) is 7.99. The van der Waals surface area contributed by atoms with Crippen molar-refractivity contribution in [3.63, 3.8) is 0 Å². The van der Waals surface area contributed by atoms with E-state index in [1.165, 1.54) is 57.8 Å². The monoisotopic (exact) mass is 258 g/mol. The van der Waals surface area contributed by atoms with Gasteiger partial charge in [0, 0.05) is 12.1 Å². The molecule has 0 aromatic rings. The van der Waals surface area contributed by atoms with E-state index in [-0.39, 0.29) is 0 Å². The molecule has 0 heterocycles. The summed E-state index contributed by atoms with van der Waals surface area (Å²) in [6.45, 7) is 0. The first kappa shape index (κ1) is 12.2. The maximum absolute atomic E-state index is 9.25. The summed E-state index contributed by atoms with van der Waals surface area (Å²) in [5.74, 6) is 2.99. The Balaban J connectivity index is 1.55. The van der Waals surface area contributed by atoms with Crippen LogP contribution in [0.25, 0.3) is 0 Å². The molecular formula is C17H26N2. The molecule has 0 aromatic heterocycles. The van der Waals surface area contributed by atoms with Crippen molar-refractivity contribution in [3.8, 4) is 6.07 Å². The van der Waals surface area contributed by atoms with Crippen molar-refractivity contribution in [2.45, 2.75) is 76.3 Å². The Morgan fingerprint density at radius 2 is 1.63 bits per heavy atom. The zero-order chi connectivity index (χ0) is 12.9. The van der Waals surface area contributed by atoms with Crippen LogP contribution >= 0.6 is 0 Å². The summed E-state index contributed by atoms with van der Waals surface area (Å²) in [6, 6.07) is 3.71. The molecule has 1 N–H and O–H groups in total. The topological polar surface area (TPSA) is 35.8 Å². The van der Waals surface area contributed by atoms with E-state index >= 15 is 0 Å². The quantitative estimate of drug-likeness (QED) is 0.836. The van der Waals surface area contributed by atoms with Gasteiger partial charge in [-0.1, -0.05) is 6.42 Å². The van der Waals surface area contributed by atoms with Crippen molar-refractivity contribution in [3.05, 3.63) is 0 Å². The van der Waals surface area contributed by atoms with Gasteiger partial charge in [0.15, 0.2) is 0 Å². The minimum atomic E-state index is 0.496. The fourth-order valence-corrected chi connectivity index (χ4v) is 6.01. The summed E-state index contributed by atoms with van der Waals surface area (Å²) < 4.78 is 0. The van der Waals surface area contributed by atoms with Gasteiger partial charge < -0.3 is 5.32 Å². The average molecular weight is 258 g/mol. The van der Waals surface area contributed by atoms with Gasteiger partial charge in [0.05, 0.1) is 12.5 Å². The van der Waals surface area contributed by atoms with Crippen molar-refractivity contribution >= 4 is 0 Å². The van der Waals surface area contributed by atoms with E-state index in [0.29, 0.717) is 11.5 Å². The van der Waals surface area contributed by atoms with Crippen molar-refractivity contribution in [2.24, 2.45) is 23.2 Å². The summed E-state index contributed by atoms with van der Waals surface area (Å²) in [5, 5.41) is 13.1. The van der Waals surface area contributed by atoms with Crippen molar-refractivity contribution in [1.29, 1.82) is 5.26 Å². The van der Waals surface area contributed by atoms with Gasteiger partial charge in [-0.05, 0) is 74.5 Å². The standard InChI is InChI=1S/C17H26N2/c18-5-4-16(19-15-2-1-3-15)17-9-12-6-13(10-17)8-14(7-12)11-17/h12-16,19H,1-4,6-11H2. The third-order valence-corrected chi connectivity index (χ3v) is 6.66. The summed E-state index contributed by atoms with van der Waals surface area (Å²) in [4.78, 5) is 0. The predicted molar refractivity (Wildman–Crippen MR) is 75.4 cm³/mol. The van der Waals surface area contributed by atoms with Gasteiger partial charge in [-0.3, -0.25) is 0 Å². The number of hydrogen-bond acceptors (Lipinski definition) is 2. The zero-order valence-corrected chi connectivity index (χ0v) is 11.9. The van der Waals surface area contributed by atoms with E-state index in [9.17, 15) is 5.26 Å².